The van der Waals surface area contributed by atoms with Crippen LogP contribution in [0.15, 0.2) is 40.9 Å². The van der Waals surface area contributed by atoms with E-state index in [9.17, 15) is 4.39 Å². The van der Waals surface area contributed by atoms with Crippen LogP contribution in [0.2, 0.25) is 0 Å². The molecule has 0 saturated heterocycles. The molecular weight excluding hydrogens is 391 g/mol. The number of ether oxygens (including phenoxy) is 2. The molecule has 5 heteroatoms. The summed E-state index contributed by atoms with van der Waals surface area (Å²) in [5.41, 5.74) is 1.46. The van der Waals surface area contributed by atoms with Gasteiger partial charge in [-0.15, -0.1) is 0 Å². The largest absolute Gasteiger partial charge is 0.493 e. The number of hydrogen-bond acceptors (Lipinski definition) is 2. The molecule has 2 nitrogen and oxygen atoms in total. The number of halogens is 3. The molecule has 0 bridgehead atoms. The molecule has 0 N–H and O–H groups in total. The summed E-state index contributed by atoms with van der Waals surface area (Å²) < 4.78 is 25.2. The molecular formula is C15H13Br2FO2. The highest BCUT2D eigenvalue weighted by Gasteiger charge is 2.17. The van der Waals surface area contributed by atoms with Crippen LogP contribution < -0.4 is 9.47 Å². The van der Waals surface area contributed by atoms with Gasteiger partial charge in [-0.2, -0.15) is 0 Å². The maximum absolute atomic E-state index is 14.0. The second-order valence-electron chi connectivity index (χ2n) is 4.14. The normalized spacial score (nSPS) is 12.1. The predicted molar refractivity (Wildman–Crippen MR) is 84.4 cm³/mol. The third-order valence-corrected chi connectivity index (χ3v) is 4.45. The van der Waals surface area contributed by atoms with E-state index in [2.05, 4.69) is 31.9 Å². The highest BCUT2D eigenvalue weighted by atomic mass is 79.9. The van der Waals surface area contributed by atoms with Crippen LogP contribution in [0.4, 0.5) is 4.39 Å². The van der Waals surface area contributed by atoms with Crippen LogP contribution >= 0.6 is 31.9 Å². The van der Waals surface area contributed by atoms with E-state index in [-0.39, 0.29) is 10.6 Å². The fourth-order valence-electron chi connectivity index (χ4n) is 1.90. The summed E-state index contributed by atoms with van der Waals surface area (Å²) >= 11 is 6.78. The number of rotatable bonds is 4. The molecule has 2 aromatic carbocycles. The van der Waals surface area contributed by atoms with E-state index >= 15 is 0 Å². The van der Waals surface area contributed by atoms with E-state index < -0.39 is 0 Å². The monoisotopic (exact) mass is 402 g/mol. The second kappa shape index (κ2) is 6.59. The smallest absolute Gasteiger partial charge is 0.161 e. The van der Waals surface area contributed by atoms with Gasteiger partial charge in [0.25, 0.3) is 0 Å². The fraction of sp³-hybridized carbons (Fsp3) is 0.200. The Morgan fingerprint density at radius 3 is 2.30 bits per heavy atom. The van der Waals surface area contributed by atoms with Crippen molar-refractivity contribution in [2.75, 3.05) is 14.2 Å². The van der Waals surface area contributed by atoms with Gasteiger partial charge in [-0.3, -0.25) is 0 Å². The summed E-state index contributed by atoms with van der Waals surface area (Å²) in [6, 6.07) is 10.5. The molecule has 0 aromatic heterocycles. The third kappa shape index (κ3) is 3.15. The SMILES string of the molecule is COc1ccc(C(Br)c2ccc(Br)cc2F)cc1OC. The lowest BCUT2D eigenvalue weighted by molar-refractivity contribution is 0.354. The third-order valence-electron chi connectivity index (χ3n) is 2.94. The highest BCUT2D eigenvalue weighted by Crippen LogP contribution is 2.37. The van der Waals surface area contributed by atoms with Crippen LogP contribution in [0.25, 0.3) is 0 Å². The Balaban J connectivity index is 2.40. The molecule has 0 spiro atoms. The Bertz CT molecular complexity index is 617. The Morgan fingerprint density at radius 1 is 1.00 bits per heavy atom. The van der Waals surface area contributed by atoms with E-state index in [1.54, 1.807) is 26.4 Å². The molecule has 0 aliphatic carbocycles. The molecule has 2 rings (SSSR count). The van der Waals surface area contributed by atoms with Crippen molar-refractivity contribution >= 4 is 31.9 Å². The summed E-state index contributed by atoms with van der Waals surface area (Å²) in [5.74, 6) is 0.996. The number of hydrogen-bond donors (Lipinski definition) is 0. The van der Waals surface area contributed by atoms with Crippen molar-refractivity contribution in [2.24, 2.45) is 0 Å². The summed E-state index contributed by atoms with van der Waals surface area (Å²) in [7, 11) is 3.16. The quantitative estimate of drug-likeness (QED) is 0.662. The zero-order valence-corrected chi connectivity index (χ0v) is 14.2. The van der Waals surface area contributed by atoms with E-state index in [4.69, 9.17) is 9.47 Å². The van der Waals surface area contributed by atoms with Crippen LogP contribution in [-0.2, 0) is 0 Å². The first kappa shape index (κ1) is 15.3. The van der Waals surface area contributed by atoms with Crippen molar-refractivity contribution in [1.29, 1.82) is 0 Å². The molecule has 0 fully saturated rings. The first-order valence-electron chi connectivity index (χ1n) is 5.87. The molecule has 106 valence electrons. The van der Waals surface area contributed by atoms with Crippen LogP contribution in [0.5, 0.6) is 11.5 Å². The topological polar surface area (TPSA) is 18.5 Å². The minimum atomic E-state index is -0.268. The van der Waals surface area contributed by atoms with Gasteiger partial charge in [-0.25, -0.2) is 4.39 Å². The van der Waals surface area contributed by atoms with E-state index in [1.165, 1.54) is 6.07 Å². The van der Waals surface area contributed by atoms with Gasteiger partial charge in [-0.1, -0.05) is 44.0 Å². The van der Waals surface area contributed by atoms with Gasteiger partial charge >= 0.3 is 0 Å². The van der Waals surface area contributed by atoms with Gasteiger partial charge in [0.05, 0.1) is 19.0 Å². The van der Waals surface area contributed by atoms with E-state index in [0.29, 0.717) is 21.5 Å². The lowest BCUT2D eigenvalue weighted by Crippen LogP contribution is -1.98. The molecule has 1 unspecified atom stereocenters. The van der Waals surface area contributed by atoms with Gasteiger partial charge in [0, 0.05) is 10.0 Å². The molecule has 20 heavy (non-hydrogen) atoms. The van der Waals surface area contributed by atoms with Gasteiger partial charge in [0.15, 0.2) is 11.5 Å². The Labute approximate surface area is 134 Å². The number of methoxy groups -OCH3 is 2. The summed E-state index contributed by atoms with van der Waals surface area (Å²) in [6.45, 7) is 0. The first-order valence-corrected chi connectivity index (χ1v) is 7.58. The molecule has 0 amide bonds. The number of alkyl halides is 1. The standard InChI is InChI=1S/C15H13Br2FO2/c1-19-13-6-3-9(7-14(13)20-2)15(17)11-5-4-10(16)8-12(11)18/h3-8,15H,1-2H3. The molecule has 0 aliphatic rings. The van der Waals surface area contributed by atoms with Crippen molar-refractivity contribution < 1.29 is 13.9 Å². The van der Waals surface area contributed by atoms with Crippen LogP contribution in [0, 0.1) is 5.82 Å². The van der Waals surface area contributed by atoms with E-state index in [1.807, 2.05) is 18.2 Å². The average Bonchev–Trinajstić information content (AvgIpc) is 2.45. The van der Waals surface area contributed by atoms with Gasteiger partial charge in [0.2, 0.25) is 0 Å². The summed E-state index contributed by atoms with van der Waals surface area (Å²) in [5, 5.41) is 0. The lowest BCUT2D eigenvalue weighted by Gasteiger charge is -2.15. The first-order chi connectivity index (χ1) is 9.56. The molecule has 0 saturated carbocycles. The molecule has 0 aliphatic heterocycles. The zero-order chi connectivity index (χ0) is 14.7. The Kier molecular flexibility index (Phi) is 5.05. The molecule has 1 atom stereocenters. The average molecular weight is 404 g/mol. The summed E-state index contributed by atoms with van der Waals surface area (Å²) in [6.07, 6.45) is 0. The van der Waals surface area contributed by atoms with Gasteiger partial charge in [0.1, 0.15) is 5.82 Å². The second-order valence-corrected chi connectivity index (χ2v) is 5.97. The lowest BCUT2D eigenvalue weighted by atomic mass is 10.0. The van der Waals surface area contributed by atoms with Crippen LogP contribution in [0.1, 0.15) is 16.0 Å². The maximum atomic E-state index is 14.0. The predicted octanol–water partition coefficient (Wildman–Crippen LogP) is 5.09. The van der Waals surface area contributed by atoms with Crippen LogP contribution in [0.3, 0.4) is 0 Å². The minimum Gasteiger partial charge on any atom is -0.493 e. The van der Waals surface area contributed by atoms with Crippen molar-refractivity contribution in [2.45, 2.75) is 4.83 Å². The van der Waals surface area contributed by atoms with Gasteiger partial charge < -0.3 is 9.47 Å². The number of benzene rings is 2. The Hall–Kier alpha value is -1.07. The Morgan fingerprint density at radius 2 is 1.70 bits per heavy atom. The van der Waals surface area contributed by atoms with Crippen molar-refractivity contribution in [3.8, 4) is 11.5 Å². The van der Waals surface area contributed by atoms with Crippen LogP contribution in [-0.4, -0.2) is 14.2 Å². The van der Waals surface area contributed by atoms with Crippen molar-refractivity contribution in [3.63, 3.8) is 0 Å². The van der Waals surface area contributed by atoms with Crippen molar-refractivity contribution in [3.05, 3.63) is 57.8 Å². The van der Waals surface area contributed by atoms with Crippen molar-refractivity contribution in [1.82, 2.24) is 0 Å². The molecule has 2 aromatic rings. The zero-order valence-electron chi connectivity index (χ0n) is 11.0. The van der Waals surface area contributed by atoms with Gasteiger partial charge in [-0.05, 0) is 29.8 Å². The summed E-state index contributed by atoms with van der Waals surface area (Å²) in [4.78, 5) is -0.254. The molecule has 0 radical (unpaired) electrons. The molecule has 0 heterocycles. The maximum Gasteiger partial charge on any atom is 0.161 e. The fourth-order valence-corrected chi connectivity index (χ4v) is 2.89. The minimum absolute atomic E-state index is 0.254. The van der Waals surface area contributed by atoms with E-state index in [0.717, 1.165) is 5.56 Å². The highest BCUT2D eigenvalue weighted by molar-refractivity contribution is 9.10.